The van der Waals surface area contributed by atoms with Gasteiger partial charge in [-0.15, -0.1) is 27.3 Å². The van der Waals surface area contributed by atoms with Gasteiger partial charge in [-0.05, 0) is 18.7 Å². The fourth-order valence-corrected chi connectivity index (χ4v) is 2.76. The maximum atomic E-state index is 5.57. The van der Waals surface area contributed by atoms with Crippen LogP contribution in [0.2, 0.25) is 0 Å². The number of imidazole rings is 1. The SMILES string of the molecule is C=C=CSc1nnc(-c2c(C)nc3sccn23)o1. The van der Waals surface area contributed by atoms with Gasteiger partial charge in [0, 0.05) is 17.0 Å². The Labute approximate surface area is 111 Å². The van der Waals surface area contributed by atoms with Crippen LogP contribution >= 0.6 is 23.1 Å². The highest BCUT2D eigenvalue weighted by Gasteiger charge is 2.17. The number of hydrogen-bond donors (Lipinski definition) is 0. The molecule has 0 saturated carbocycles. The van der Waals surface area contributed by atoms with Crippen molar-refractivity contribution in [3.8, 4) is 11.6 Å². The first-order valence-electron chi connectivity index (χ1n) is 5.06. The summed E-state index contributed by atoms with van der Waals surface area (Å²) in [7, 11) is 0. The van der Waals surface area contributed by atoms with E-state index in [2.05, 4.69) is 27.5 Å². The molecule has 0 unspecified atom stereocenters. The summed E-state index contributed by atoms with van der Waals surface area (Å²) in [4.78, 5) is 5.36. The minimum absolute atomic E-state index is 0.464. The van der Waals surface area contributed by atoms with Crippen molar-refractivity contribution < 1.29 is 4.42 Å². The van der Waals surface area contributed by atoms with E-state index in [1.165, 1.54) is 11.8 Å². The molecule has 7 heteroatoms. The van der Waals surface area contributed by atoms with Crippen molar-refractivity contribution in [2.24, 2.45) is 0 Å². The van der Waals surface area contributed by atoms with Crippen LogP contribution in [0.4, 0.5) is 0 Å². The van der Waals surface area contributed by atoms with Gasteiger partial charge in [0.25, 0.3) is 11.1 Å². The van der Waals surface area contributed by atoms with Gasteiger partial charge in [-0.25, -0.2) is 4.98 Å². The summed E-state index contributed by atoms with van der Waals surface area (Å²) in [5.41, 5.74) is 4.36. The molecule has 18 heavy (non-hydrogen) atoms. The highest BCUT2D eigenvalue weighted by molar-refractivity contribution is 8.01. The van der Waals surface area contributed by atoms with Gasteiger partial charge in [0.1, 0.15) is 5.69 Å². The summed E-state index contributed by atoms with van der Waals surface area (Å²) < 4.78 is 7.52. The first-order chi connectivity index (χ1) is 8.79. The van der Waals surface area contributed by atoms with Crippen LogP contribution in [0.15, 0.2) is 38.9 Å². The highest BCUT2D eigenvalue weighted by atomic mass is 32.2. The van der Waals surface area contributed by atoms with Crippen molar-refractivity contribution in [2.75, 3.05) is 0 Å². The standard InChI is InChI=1S/C11H8N4OS2/c1-3-5-18-11-14-13-9(16-11)8-7(2)12-10-15(8)4-6-17-10/h4-6H,1H2,2H3. The van der Waals surface area contributed by atoms with E-state index in [1.807, 2.05) is 22.9 Å². The lowest BCUT2D eigenvalue weighted by Gasteiger charge is -1.93. The molecule has 0 atom stereocenters. The fourth-order valence-electron chi connectivity index (χ4n) is 1.60. The minimum atomic E-state index is 0.464. The molecule has 0 amide bonds. The quantitative estimate of drug-likeness (QED) is 0.543. The zero-order valence-electron chi connectivity index (χ0n) is 9.45. The normalized spacial score (nSPS) is 10.7. The molecule has 0 aromatic carbocycles. The lowest BCUT2D eigenvalue weighted by atomic mass is 10.3. The topological polar surface area (TPSA) is 56.2 Å². The molecular weight excluding hydrogens is 268 g/mol. The van der Waals surface area contributed by atoms with Crippen molar-refractivity contribution in [3.05, 3.63) is 35.0 Å². The number of aryl methyl sites for hydroxylation is 1. The summed E-state index contributed by atoms with van der Waals surface area (Å²) in [6, 6.07) is 0. The van der Waals surface area contributed by atoms with Gasteiger partial charge >= 0.3 is 0 Å². The summed E-state index contributed by atoms with van der Waals surface area (Å²) in [5.74, 6) is 0.471. The molecule has 90 valence electrons. The van der Waals surface area contributed by atoms with E-state index < -0.39 is 0 Å². The molecule has 0 aliphatic rings. The Morgan fingerprint density at radius 3 is 3.28 bits per heavy atom. The number of thioether (sulfide) groups is 1. The second-order valence-electron chi connectivity index (χ2n) is 3.41. The van der Waals surface area contributed by atoms with Crippen molar-refractivity contribution in [1.29, 1.82) is 0 Å². The third kappa shape index (κ3) is 1.78. The third-order valence-electron chi connectivity index (χ3n) is 2.29. The van der Waals surface area contributed by atoms with Crippen LogP contribution in [0.5, 0.6) is 0 Å². The number of aromatic nitrogens is 4. The highest BCUT2D eigenvalue weighted by Crippen LogP contribution is 2.28. The fraction of sp³-hybridized carbons (Fsp3) is 0.0909. The average molecular weight is 276 g/mol. The zero-order chi connectivity index (χ0) is 12.5. The van der Waals surface area contributed by atoms with E-state index in [-0.39, 0.29) is 0 Å². The molecule has 3 aromatic rings. The van der Waals surface area contributed by atoms with E-state index in [0.29, 0.717) is 11.1 Å². The van der Waals surface area contributed by atoms with E-state index in [9.17, 15) is 0 Å². The first kappa shape index (κ1) is 11.3. The Morgan fingerprint density at radius 2 is 2.44 bits per heavy atom. The predicted molar refractivity (Wildman–Crippen MR) is 70.7 cm³/mol. The van der Waals surface area contributed by atoms with Crippen LogP contribution in [-0.2, 0) is 0 Å². The molecule has 0 radical (unpaired) electrons. The number of rotatable bonds is 3. The summed E-state index contributed by atoms with van der Waals surface area (Å²) in [6.07, 6.45) is 1.94. The summed E-state index contributed by atoms with van der Waals surface area (Å²) in [5, 5.41) is 12.1. The van der Waals surface area contributed by atoms with Gasteiger partial charge in [-0.2, -0.15) is 0 Å². The Hall–Kier alpha value is -1.82. The maximum absolute atomic E-state index is 5.57. The Kier molecular flexibility index (Phi) is 2.79. The average Bonchev–Trinajstić information content (AvgIpc) is 3.01. The first-order valence-corrected chi connectivity index (χ1v) is 6.82. The molecule has 3 aromatic heterocycles. The summed E-state index contributed by atoms with van der Waals surface area (Å²) in [6.45, 7) is 5.40. The van der Waals surface area contributed by atoms with Crippen molar-refractivity contribution in [3.63, 3.8) is 0 Å². The summed E-state index contributed by atoms with van der Waals surface area (Å²) >= 11 is 2.86. The molecule has 0 fully saturated rings. The number of nitrogens with zero attached hydrogens (tertiary/aromatic N) is 4. The monoisotopic (exact) mass is 276 g/mol. The van der Waals surface area contributed by atoms with E-state index >= 15 is 0 Å². The Bertz CT molecular complexity index is 748. The maximum Gasteiger partial charge on any atom is 0.281 e. The van der Waals surface area contributed by atoms with E-state index in [4.69, 9.17) is 4.42 Å². The van der Waals surface area contributed by atoms with Gasteiger partial charge in [0.15, 0.2) is 4.96 Å². The lowest BCUT2D eigenvalue weighted by Crippen LogP contribution is -1.86. The molecular formula is C11H8N4OS2. The smallest absolute Gasteiger partial charge is 0.281 e. The van der Waals surface area contributed by atoms with Crippen LogP contribution in [0, 0.1) is 6.92 Å². The van der Waals surface area contributed by atoms with Crippen molar-refractivity contribution in [2.45, 2.75) is 12.1 Å². The number of hydrogen-bond acceptors (Lipinski definition) is 6. The van der Waals surface area contributed by atoms with Gasteiger partial charge in [-0.3, -0.25) is 4.40 Å². The minimum Gasteiger partial charge on any atom is -0.409 e. The van der Waals surface area contributed by atoms with Gasteiger partial charge in [0.2, 0.25) is 0 Å². The van der Waals surface area contributed by atoms with E-state index in [1.54, 1.807) is 16.7 Å². The molecule has 0 aliphatic carbocycles. The van der Waals surface area contributed by atoms with Crippen LogP contribution in [0.25, 0.3) is 16.5 Å². The molecule has 5 nitrogen and oxygen atoms in total. The van der Waals surface area contributed by atoms with Gasteiger partial charge < -0.3 is 4.42 Å². The second kappa shape index (κ2) is 4.45. The van der Waals surface area contributed by atoms with E-state index in [0.717, 1.165) is 16.3 Å². The predicted octanol–water partition coefficient (Wildman–Crippen LogP) is 3.14. The number of thiazole rings is 1. The zero-order valence-corrected chi connectivity index (χ0v) is 11.1. The molecule has 0 N–H and O–H groups in total. The molecule has 0 spiro atoms. The van der Waals surface area contributed by atoms with Crippen LogP contribution in [0.3, 0.4) is 0 Å². The third-order valence-corrected chi connectivity index (χ3v) is 3.70. The van der Waals surface area contributed by atoms with Crippen molar-refractivity contribution in [1.82, 2.24) is 19.6 Å². The number of fused-ring (bicyclic) bond motifs is 1. The molecule has 3 heterocycles. The largest absolute Gasteiger partial charge is 0.409 e. The van der Waals surface area contributed by atoms with Crippen molar-refractivity contribution >= 4 is 28.1 Å². The molecule has 0 aliphatic heterocycles. The Morgan fingerprint density at radius 1 is 1.56 bits per heavy atom. The van der Waals surface area contributed by atoms with Crippen LogP contribution in [0.1, 0.15) is 5.69 Å². The van der Waals surface area contributed by atoms with Gasteiger partial charge in [0.05, 0.1) is 5.69 Å². The Balaban J connectivity index is 2.08. The van der Waals surface area contributed by atoms with Gasteiger partial charge in [-0.1, -0.05) is 6.58 Å². The molecule has 3 rings (SSSR count). The van der Waals surface area contributed by atoms with Crippen LogP contribution in [-0.4, -0.2) is 19.6 Å². The second-order valence-corrected chi connectivity index (χ2v) is 5.11. The molecule has 0 saturated heterocycles. The lowest BCUT2D eigenvalue weighted by molar-refractivity contribution is 0.465. The van der Waals surface area contributed by atoms with Crippen LogP contribution < -0.4 is 0 Å². The molecule has 0 bridgehead atoms.